The molecule has 0 aliphatic heterocycles. The molecule has 1 nitrogen and oxygen atoms in total. The first-order valence-electron chi connectivity index (χ1n) is 3.33. The Morgan fingerprint density at radius 2 is 2.36 bits per heavy atom. The Bertz CT molecular complexity index is 240. The highest BCUT2D eigenvalue weighted by atomic mass is 19.1. The molecule has 1 aliphatic carbocycles. The van der Waals surface area contributed by atoms with Gasteiger partial charge in [0.2, 0.25) is 0 Å². The summed E-state index contributed by atoms with van der Waals surface area (Å²) < 4.78 is 25.2. The lowest BCUT2D eigenvalue weighted by atomic mass is 9.99. The van der Waals surface area contributed by atoms with Crippen LogP contribution in [0.25, 0.3) is 0 Å². The molecule has 60 valence electrons. The van der Waals surface area contributed by atoms with Crippen LogP contribution in [-0.2, 0) is 4.79 Å². The molecule has 0 aromatic rings. The minimum atomic E-state index is -1.33. The summed E-state index contributed by atoms with van der Waals surface area (Å²) in [4.78, 5) is 10.7. The van der Waals surface area contributed by atoms with Crippen molar-refractivity contribution in [3.05, 3.63) is 23.6 Å². The van der Waals surface area contributed by atoms with Gasteiger partial charge in [-0.3, -0.25) is 4.79 Å². The van der Waals surface area contributed by atoms with Gasteiger partial charge in [0.25, 0.3) is 0 Å². The molecule has 0 aromatic carbocycles. The Kier molecular flexibility index (Phi) is 2.17. The summed E-state index contributed by atoms with van der Waals surface area (Å²) >= 11 is 0. The fourth-order valence-corrected chi connectivity index (χ4v) is 0.963. The highest BCUT2D eigenvalue weighted by molar-refractivity contribution is 5.95. The van der Waals surface area contributed by atoms with E-state index in [9.17, 15) is 13.6 Å². The highest BCUT2D eigenvalue weighted by Gasteiger charge is 2.20. The van der Waals surface area contributed by atoms with Crippen LogP contribution in [0.4, 0.5) is 8.78 Å². The van der Waals surface area contributed by atoms with E-state index in [0.29, 0.717) is 0 Å². The van der Waals surface area contributed by atoms with Crippen LogP contribution >= 0.6 is 0 Å². The zero-order valence-electron chi connectivity index (χ0n) is 6.10. The van der Waals surface area contributed by atoms with Crippen molar-refractivity contribution >= 4 is 5.78 Å². The quantitative estimate of drug-likeness (QED) is 0.571. The number of carbonyl (C=O) groups excluding carboxylic acids is 1. The number of halogens is 2. The number of carbonyl (C=O) groups is 1. The predicted molar refractivity (Wildman–Crippen MR) is 37.5 cm³/mol. The predicted octanol–water partition coefficient (Wildman–Crippen LogP) is 2.10. The van der Waals surface area contributed by atoms with Gasteiger partial charge in [0.15, 0.2) is 5.78 Å². The van der Waals surface area contributed by atoms with Crippen molar-refractivity contribution in [2.75, 3.05) is 0 Å². The Morgan fingerprint density at radius 3 is 2.82 bits per heavy atom. The average molecular weight is 158 g/mol. The van der Waals surface area contributed by atoms with Gasteiger partial charge in [-0.05, 0) is 19.1 Å². The topological polar surface area (TPSA) is 17.1 Å². The summed E-state index contributed by atoms with van der Waals surface area (Å²) in [7, 11) is 0. The SMILES string of the molecule is CC(=O)C1=CC(F)=CCC1F. The van der Waals surface area contributed by atoms with E-state index < -0.39 is 17.8 Å². The molecular weight excluding hydrogens is 150 g/mol. The van der Waals surface area contributed by atoms with Crippen LogP contribution < -0.4 is 0 Å². The molecule has 0 fully saturated rings. The molecule has 0 spiro atoms. The van der Waals surface area contributed by atoms with Gasteiger partial charge >= 0.3 is 0 Å². The first-order chi connectivity index (χ1) is 5.11. The zero-order valence-corrected chi connectivity index (χ0v) is 6.10. The third kappa shape index (κ3) is 1.73. The van der Waals surface area contributed by atoms with E-state index in [2.05, 4.69) is 0 Å². The number of ketones is 1. The van der Waals surface area contributed by atoms with Gasteiger partial charge in [0.1, 0.15) is 12.0 Å². The molecule has 0 heterocycles. The molecular formula is C8H8F2O. The van der Waals surface area contributed by atoms with E-state index in [4.69, 9.17) is 0 Å². The van der Waals surface area contributed by atoms with Crippen LogP contribution in [0, 0.1) is 0 Å². The highest BCUT2D eigenvalue weighted by Crippen LogP contribution is 2.21. The van der Waals surface area contributed by atoms with Crippen LogP contribution in [0.5, 0.6) is 0 Å². The molecule has 1 rings (SSSR count). The van der Waals surface area contributed by atoms with Crippen molar-refractivity contribution in [2.24, 2.45) is 0 Å². The second-order valence-corrected chi connectivity index (χ2v) is 2.45. The van der Waals surface area contributed by atoms with Gasteiger partial charge in [-0.2, -0.15) is 0 Å². The van der Waals surface area contributed by atoms with E-state index in [1.807, 2.05) is 0 Å². The minimum absolute atomic E-state index is 0.0305. The van der Waals surface area contributed by atoms with Gasteiger partial charge in [0.05, 0.1) is 0 Å². The lowest BCUT2D eigenvalue weighted by molar-refractivity contribution is -0.114. The Labute approximate surface area is 63.4 Å². The van der Waals surface area contributed by atoms with Gasteiger partial charge in [-0.15, -0.1) is 0 Å². The molecule has 1 unspecified atom stereocenters. The molecule has 0 amide bonds. The van der Waals surface area contributed by atoms with Crippen LogP contribution in [-0.4, -0.2) is 12.0 Å². The number of alkyl halides is 1. The lowest BCUT2D eigenvalue weighted by Gasteiger charge is -2.11. The van der Waals surface area contributed by atoms with Gasteiger partial charge in [-0.25, -0.2) is 8.78 Å². The van der Waals surface area contributed by atoms with E-state index in [1.165, 1.54) is 6.92 Å². The van der Waals surface area contributed by atoms with Gasteiger partial charge in [0, 0.05) is 12.0 Å². The summed E-state index contributed by atoms with van der Waals surface area (Å²) in [5, 5.41) is 0. The van der Waals surface area contributed by atoms with Crippen molar-refractivity contribution in [1.29, 1.82) is 0 Å². The molecule has 3 heteroatoms. The molecule has 1 aliphatic rings. The Hall–Kier alpha value is -0.990. The number of allylic oxidation sites excluding steroid dienone is 4. The average Bonchev–Trinajstić information content (AvgIpc) is 1.94. The molecule has 0 aromatic heterocycles. The molecule has 11 heavy (non-hydrogen) atoms. The summed E-state index contributed by atoms with van der Waals surface area (Å²) in [6, 6.07) is 0. The first-order valence-corrected chi connectivity index (χ1v) is 3.33. The van der Waals surface area contributed by atoms with E-state index in [1.54, 1.807) is 0 Å². The maximum atomic E-state index is 12.8. The van der Waals surface area contributed by atoms with Crippen molar-refractivity contribution in [3.63, 3.8) is 0 Å². The van der Waals surface area contributed by atoms with Crippen LogP contribution in [0.3, 0.4) is 0 Å². The van der Waals surface area contributed by atoms with E-state index >= 15 is 0 Å². The molecule has 0 bridgehead atoms. The second-order valence-electron chi connectivity index (χ2n) is 2.45. The first kappa shape index (κ1) is 8.11. The number of rotatable bonds is 1. The maximum Gasteiger partial charge on any atom is 0.158 e. The smallest absolute Gasteiger partial charge is 0.158 e. The van der Waals surface area contributed by atoms with Crippen LogP contribution in [0.1, 0.15) is 13.3 Å². The molecule has 0 saturated carbocycles. The zero-order chi connectivity index (χ0) is 8.43. The Balaban J connectivity index is 2.90. The Morgan fingerprint density at radius 1 is 1.73 bits per heavy atom. The number of Topliss-reactive ketones (excluding diaryl/α,β-unsaturated/α-hetero) is 1. The van der Waals surface area contributed by atoms with Crippen LogP contribution in [0.2, 0.25) is 0 Å². The molecule has 1 atom stereocenters. The summed E-state index contributed by atoms with van der Waals surface area (Å²) in [6.45, 7) is 1.23. The minimum Gasteiger partial charge on any atom is -0.295 e. The molecule has 0 saturated heterocycles. The third-order valence-electron chi connectivity index (χ3n) is 1.56. The monoisotopic (exact) mass is 158 g/mol. The third-order valence-corrected chi connectivity index (χ3v) is 1.56. The van der Waals surface area contributed by atoms with E-state index in [-0.39, 0.29) is 12.0 Å². The lowest BCUT2D eigenvalue weighted by Crippen LogP contribution is -2.13. The van der Waals surface area contributed by atoms with Gasteiger partial charge in [-0.1, -0.05) is 0 Å². The summed E-state index contributed by atoms with van der Waals surface area (Å²) in [6.07, 6.45) is 0.734. The second kappa shape index (κ2) is 2.95. The van der Waals surface area contributed by atoms with Gasteiger partial charge < -0.3 is 0 Å². The van der Waals surface area contributed by atoms with Crippen LogP contribution in [0.15, 0.2) is 23.6 Å². The standard InChI is InChI=1S/C8H8F2O/c1-5(11)7-4-6(9)2-3-8(7)10/h2,4,8H,3H2,1H3. The van der Waals surface area contributed by atoms with Crippen molar-refractivity contribution < 1.29 is 13.6 Å². The van der Waals surface area contributed by atoms with Crippen molar-refractivity contribution in [2.45, 2.75) is 19.5 Å². The van der Waals surface area contributed by atoms with E-state index in [0.717, 1.165) is 12.2 Å². The summed E-state index contributed by atoms with van der Waals surface area (Å²) in [5.41, 5.74) is -0.0648. The van der Waals surface area contributed by atoms with Crippen molar-refractivity contribution in [3.8, 4) is 0 Å². The molecule has 0 radical (unpaired) electrons. The largest absolute Gasteiger partial charge is 0.295 e. The number of hydrogen-bond acceptors (Lipinski definition) is 1. The summed E-state index contributed by atoms with van der Waals surface area (Å²) in [5.74, 6) is -0.926. The number of hydrogen-bond donors (Lipinski definition) is 0. The normalized spacial score (nSPS) is 24.1. The molecule has 0 N–H and O–H groups in total. The maximum absolute atomic E-state index is 12.8. The fourth-order valence-electron chi connectivity index (χ4n) is 0.963. The van der Waals surface area contributed by atoms with Crippen molar-refractivity contribution in [1.82, 2.24) is 0 Å². The fraction of sp³-hybridized carbons (Fsp3) is 0.375.